The number of nitrogens with two attached hydrogens (primary N) is 1. The van der Waals surface area contributed by atoms with Gasteiger partial charge >= 0.3 is 0 Å². The van der Waals surface area contributed by atoms with Crippen LogP contribution in [-0.2, 0) is 11.3 Å². The highest BCUT2D eigenvalue weighted by Crippen LogP contribution is 2.12. The first-order valence-corrected chi connectivity index (χ1v) is 6.24. The van der Waals surface area contributed by atoms with Crippen LogP contribution in [0, 0.1) is 5.92 Å². The third-order valence-corrected chi connectivity index (χ3v) is 2.66. The van der Waals surface area contributed by atoms with Crippen LogP contribution in [0.15, 0.2) is 24.3 Å². The van der Waals surface area contributed by atoms with E-state index < -0.39 is 0 Å². The van der Waals surface area contributed by atoms with E-state index in [1.54, 1.807) is 12.1 Å². The normalized spacial score (nSPS) is 12.5. The highest BCUT2D eigenvalue weighted by atomic mass is 16.5. The van der Waals surface area contributed by atoms with Crippen molar-refractivity contribution in [1.29, 1.82) is 0 Å². The number of ether oxygens (including phenoxy) is 1. The first-order chi connectivity index (χ1) is 8.52. The second-order valence-electron chi connectivity index (χ2n) is 4.93. The van der Waals surface area contributed by atoms with E-state index in [1.807, 2.05) is 12.1 Å². The highest BCUT2D eigenvalue weighted by molar-refractivity contribution is 5.93. The van der Waals surface area contributed by atoms with Gasteiger partial charge in [-0.05, 0) is 37.0 Å². The highest BCUT2D eigenvalue weighted by Gasteiger charge is 2.07. The van der Waals surface area contributed by atoms with Crippen molar-refractivity contribution in [2.24, 2.45) is 11.8 Å². The quantitative estimate of drug-likeness (QED) is 0.462. The first kappa shape index (κ1) is 14.7. The summed E-state index contributed by atoms with van der Waals surface area (Å²) < 4.78 is 5.74. The zero-order valence-corrected chi connectivity index (χ0v) is 11.3. The molecule has 0 saturated heterocycles. The van der Waals surface area contributed by atoms with Crippen LogP contribution in [0.25, 0.3) is 0 Å². The SMILES string of the molecule is CC(C)CC(C)OCc1cccc(C(=O)NN)c1. The molecule has 0 spiro atoms. The molecule has 18 heavy (non-hydrogen) atoms. The third-order valence-electron chi connectivity index (χ3n) is 2.66. The summed E-state index contributed by atoms with van der Waals surface area (Å²) >= 11 is 0. The van der Waals surface area contributed by atoms with Crippen molar-refractivity contribution in [3.63, 3.8) is 0 Å². The van der Waals surface area contributed by atoms with Gasteiger partial charge in [0.2, 0.25) is 0 Å². The second-order valence-corrected chi connectivity index (χ2v) is 4.93. The van der Waals surface area contributed by atoms with Gasteiger partial charge in [0.15, 0.2) is 0 Å². The van der Waals surface area contributed by atoms with E-state index in [4.69, 9.17) is 10.6 Å². The van der Waals surface area contributed by atoms with Crippen LogP contribution in [0.4, 0.5) is 0 Å². The van der Waals surface area contributed by atoms with Gasteiger partial charge in [-0.25, -0.2) is 5.84 Å². The molecule has 1 amide bonds. The summed E-state index contributed by atoms with van der Waals surface area (Å²) in [6.07, 6.45) is 1.25. The minimum absolute atomic E-state index is 0.219. The Morgan fingerprint density at radius 1 is 1.39 bits per heavy atom. The zero-order chi connectivity index (χ0) is 13.5. The predicted octanol–water partition coefficient (Wildman–Crippen LogP) is 2.24. The number of benzene rings is 1. The molecule has 4 nitrogen and oxygen atoms in total. The van der Waals surface area contributed by atoms with Gasteiger partial charge in [-0.1, -0.05) is 26.0 Å². The van der Waals surface area contributed by atoms with Gasteiger partial charge < -0.3 is 4.74 Å². The average Bonchev–Trinajstić information content (AvgIpc) is 2.35. The van der Waals surface area contributed by atoms with Crippen LogP contribution in [-0.4, -0.2) is 12.0 Å². The van der Waals surface area contributed by atoms with Crippen molar-refractivity contribution in [2.75, 3.05) is 0 Å². The molecule has 1 atom stereocenters. The molecule has 0 saturated carbocycles. The molecule has 0 bridgehead atoms. The predicted molar refractivity (Wildman–Crippen MR) is 71.8 cm³/mol. The van der Waals surface area contributed by atoms with Crippen molar-refractivity contribution < 1.29 is 9.53 Å². The van der Waals surface area contributed by atoms with Crippen molar-refractivity contribution in [2.45, 2.75) is 39.9 Å². The van der Waals surface area contributed by atoms with Crippen molar-refractivity contribution in [1.82, 2.24) is 5.43 Å². The van der Waals surface area contributed by atoms with Gasteiger partial charge in [-0.15, -0.1) is 0 Å². The summed E-state index contributed by atoms with van der Waals surface area (Å²) in [5, 5.41) is 0. The molecule has 0 radical (unpaired) electrons. The molecular formula is C14H22N2O2. The molecule has 0 heterocycles. The van der Waals surface area contributed by atoms with Gasteiger partial charge in [-0.3, -0.25) is 10.2 Å². The smallest absolute Gasteiger partial charge is 0.265 e. The van der Waals surface area contributed by atoms with Crippen molar-refractivity contribution >= 4 is 5.91 Å². The van der Waals surface area contributed by atoms with E-state index in [2.05, 4.69) is 26.2 Å². The number of rotatable bonds is 6. The Labute approximate surface area is 108 Å². The molecule has 1 rings (SSSR count). The van der Waals surface area contributed by atoms with Crippen LogP contribution in [0.1, 0.15) is 43.1 Å². The minimum atomic E-state index is -0.285. The Hall–Kier alpha value is -1.39. The fraction of sp³-hybridized carbons (Fsp3) is 0.500. The molecule has 1 aromatic carbocycles. The van der Waals surface area contributed by atoms with Crippen molar-refractivity contribution in [3.8, 4) is 0 Å². The summed E-state index contributed by atoms with van der Waals surface area (Å²) in [7, 11) is 0. The van der Waals surface area contributed by atoms with Gasteiger partial charge in [0.1, 0.15) is 0 Å². The lowest BCUT2D eigenvalue weighted by Gasteiger charge is -2.15. The van der Waals surface area contributed by atoms with E-state index in [0.29, 0.717) is 18.1 Å². The number of hydrogen-bond acceptors (Lipinski definition) is 3. The Bertz CT molecular complexity index is 391. The Morgan fingerprint density at radius 3 is 2.72 bits per heavy atom. The number of amides is 1. The number of nitrogen functional groups attached to an aromatic ring is 1. The Morgan fingerprint density at radius 2 is 2.11 bits per heavy atom. The number of hydrazine groups is 1. The lowest BCUT2D eigenvalue weighted by Crippen LogP contribution is -2.30. The zero-order valence-electron chi connectivity index (χ0n) is 11.3. The van der Waals surface area contributed by atoms with E-state index in [9.17, 15) is 4.79 Å². The standard InChI is InChI=1S/C14H22N2O2/c1-10(2)7-11(3)18-9-12-5-4-6-13(8-12)14(17)16-15/h4-6,8,10-11H,7,9,15H2,1-3H3,(H,16,17). The second kappa shape index (κ2) is 7.13. The molecule has 1 unspecified atom stereocenters. The minimum Gasteiger partial charge on any atom is -0.374 e. The average molecular weight is 250 g/mol. The lowest BCUT2D eigenvalue weighted by atomic mass is 10.1. The summed E-state index contributed by atoms with van der Waals surface area (Å²) in [6, 6.07) is 7.29. The summed E-state index contributed by atoms with van der Waals surface area (Å²) in [5.74, 6) is 5.44. The van der Waals surface area contributed by atoms with Crippen LogP contribution in [0.5, 0.6) is 0 Å². The number of carbonyl (C=O) groups is 1. The lowest BCUT2D eigenvalue weighted by molar-refractivity contribution is 0.0397. The number of carbonyl (C=O) groups excluding carboxylic acids is 1. The molecule has 3 N–H and O–H groups in total. The topological polar surface area (TPSA) is 64.3 Å². The number of hydrogen-bond donors (Lipinski definition) is 2. The molecule has 1 aromatic rings. The van der Waals surface area contributed by atoms with Crippen LogP contribution >= 0.6 is 0 Å². The molecular weight excluding hydrogens is 228 g/mol. The van der Waals surface area contributed by atoms with Gasteiger partial charge in [0.05, 0.1) is 12.7 Å². The van der Waals surface area contributed by atoms with Crippen molar-refractivity contribution in [3.05, 3.63) is 35.4 Å². The Kier molecular flexibility index (Phi) is 5.82. The maximum absolute atomic E-state index is 11.4. The third kappa shape index (κ3) is 4.85. The maximum Gasteiger partial charge on any atom is 0.265 e. The summed E-state index contributed by atoms with van der Waals surface area (Å²) in [4.78, 5) is 11.4. The molecule has 0 aliphatic carbocycles. The molecule has 0 fully saturated rings. The molecule has 4 heteroatoms. The molecule has 100 valence electrons. The largest absolute Gasteiger partial charge is 0.374 e. The molecule has 0 aromatic heterocycles. The maximum atomic E-state index is 11.4. The summed E-state index contributed by atoms with van der Waals surface area (Å²) in [5.41, 5.74) is 3.65. The fourth-order valence-electron chi connectivity index (χ4n) is 1.86. The van der Waals surface area contributed by atoms with E-state index >= 15 is 0 Å². The van der Waals surface area contributed by atoms with E-state index in [0.717, 1.165) is 12.0 Å². The first-order valence-electron chi connectivity index (χ1n) is 6.24. The van der Waals surface area contributed by atoms with Gasteiger partial charge in [0.25, 0.3) is 5.91 Å². The Balaban J connectivity index is 2.55. The summed E-state index contributed by atoms with van der Waals surface area (Å²) in [6.45, 7) is 6.92. The van der Waals surface area contributed by atoms with Gasteiger partial charge in [0, 0.05) is 5.56 Å². The van der Waals surface area contributed by atoms with E-state index in [1.165, 1.54) is 0 Å². The van der Waals surface area contributed by atoms with E-state index in [-0.39, 0.29) is 12.0 Å². The van der Waals surface area contributed by atoms with Gasteiger partial charge in [-0.2, -0.15) is 0 Å². The van der Waals surface area contributed by atoms with Crippen LogP contribution < -0.4 is 11.3 Å². The fourth-order valence-corrected chi connectivity index (χ4v) is 1.86. The van der Waals surface area contributed by atoms with Crippen LogP contribution in [0.3, 0.4) is 0 Å². The number of nitrogens with one attached hydrogen (secondary N) is 1. The monoisotopic (exact) mass is 250 g/mol. The molecule has 0 aliphatic rings. The van der Waals surface area contributed by atoms with Crippen LogP contribution in [0.2, 0.25) is 0 Å². The molecule has 0 aliphatic heterocycles.